The molecular formula is C6H13NO4S. The first-order valence-electron chi connectivity index (χ1n) is 3.58. The van der Waals surface area contributed by atoms with Crippen molar-refractivity contribution in [3.63, 3.8) is 0 Å². The monoisotopic (exact) mass is 195 g/mol. The maximum Gasteiger partial charge on any atom is 0.217 e. The van der Waals surface area contributed by atoms with Crippen LogP contribution in [0, 0.1) is 0 Å². The van der Waals surface area contributed by atoms with Gasteiger partial charge in [-0.15, -0.1) is 0 Å². The molecule has 0 bridgehead atoms. The molecule has 12 heavy (non-hydrogen) atoms. The van der Waals surface area contributed by atoms with Gasteiger partial charge < -0.3 is 9.47 Å². The molecule has 2 N–H and O–H groups in total. The predicted molar refractivity (Wildman–Crippen MR) is 42.9 cm³/mol. The van der Waals surface area contributed by atoms with Gasteiger partial charge in [-0.2, -0.15) is 0 Å². The lowest BCUT2D eigenvalue weighted by atomic mass is 9.90. The Balaban J connectivity index is 2.84. The average molecular weight is 195 g/mol. The van der Waals surface area contributed by atoms with Crippen molar-refractivity contribution in [1.29, 1.82) is 0 Å². The van der Waals surface area contributed by atoms with Crippen molar-refractivity contribution in [3.8, 4) is 0 Å². The van der Waals surface area contributed by atoms with Crippen LogP contribution in [0.4, 0.5) is 0 Å². The molecule has 1 aliphatic rings. The largest absolute Gasteiger partial charge is 0.352 e. The highest BCUT2D eigenvalue weighted by atomic mass is 32.2. The van der Waals surface area contributed by atoms with Crippen LogP contribution in [0.15, 0.2) is 0 Å². The molecule has 0 amide bonds. The lowest BCUT2D eigenvalue weighted by molar-refractivity contribution is -0.245. The second-order valence-electron chi connectivity index (χ2n) is 2.84. The van der Waals surface area contributed by atoms with E-state index in [0.29, 0.717) is 12.8 Å². The summed E-state index contributed by atoms with van der Waals surface area (Å²) in [5.74, 6) is -1.01. The predicted octanol–water partition coefficient (Wildman–Crippen LogP) is -0.574. The van der Waals surface area contributed by atoms with Crippen LogP contribution >= 0.6 is 0 Å². The summed E-state index contributed by atoms with van der Waals surface area (Å²) in [4.78, 5) is 0. The van der Waals surface area contributed by atoms with E-state index in [2.05, 4.69) is 0 Å². The van der Waals surface area contributed by atoms with Gasteiger partial charge in [0.1, 0.15) is 5.25 Å². The van der Waals surface area contributed by atoms with E-state index in [4.69, 9.17) is 14.6 Å². The minimum atomic E-state index is -3.55. The van der Waals surface area contributed by atoms with Crippen LogP contribution in [-0.4, -0.2) is 33.7 Å². The molecule has 1 atom stereocenters. The fourth-order valence-electron chi connectivity index (χ4n) is 1.46. The second-order valence-corrected chi connectivity index (χ2v) is 4.58. The molecule has 5 nitrogen and oxygen atoms in total. The molecule has 0 saturated heterocycles. The highest BCUT2D eigenvalue weighted by Gasteiger charge is 2.54. The quantitative estimate of drug-likeness (QED) is 0.611. The van der Waals surface area contributed by atoms with Crippen LogP contribution in [-0.2, 0) is 19.5 Å². The van der Waals surface area contributed by atoms with E-state index >= 15 is 0 Å². The van der Waals surface area contributed by atoms with Crippen molar-refractivity contribution in [1.82, 2.24) is 0 Å². The number of ether oxygens (including phenoxy) is 2. The van der Waals surface area contributed by atoms with Gasteiger partial charge in [-0.05, 0) is 6.42 Å². The first kappa shape index (κ1) is 9.91. The summed E-state index contributed by atoms with van der Waals surface area (Å²) in [7, 11) is -0.713. The Morgan fingerprint density at radius 3 is 2.00 bits per heavy atom. The van der Waals surface area contributed by atoms with Gasteiger partial charge in [-0.25, -0.2) is 13.6 Å². The first-order valence-corrected chi connectivity index (χ1v) is 5.19. The fourth-order valence-corrected chi connectivity index (χ4v) is 2.72. The third kappa shape index (κ3) is 1.35. The fraction of sp³-hybridized carbons (Fsp3) is 1.00. The first-order chi connectivity index (χ1) is 5.46. The van der Waals surface area contributed by atoms with Crippen molar-refractivity contribution < 1.29 is 17.9 Å². The summed E-state index contributed by atoms with van der Waals surface area (Å²) in [6.07, 6.45) is 1.07. The molecular weight excluding hydrogens is 182 g/mol. The maximum absolute atomic E-state index is 11.0. The normalized spacial score (nSPS) is 28.1. The van der Waals surface area contributed by atoms with Gasteiger partial charge >= 0.3 is 0 Å². The van der Waals surface area contributed by atoms with E-state index in [9.17, 15) is 8.42 Å². The Bertz CT molecular complexity index is 251. The maximum atomic E-state index is 11.0. The number of nitrogens with two attached hydrogens (primary N) is 1. The molecule has 1 aliphatic carbocycles. The van der Waals surface area contributed by atoms with Crippen molar-refractivity contribution in [3.05, 3.63) is 0 Å². The van der Waals surface area contributed by atoms with Gasteiger partial charge in [0.05, 0.1) is 0 Å². The number of rotatable bonds is 3. The third-order valence-corrected chi connectivity index (χ3v) is 3.72. The van der Waals surface area contributed by atoms with Crippen LogP contribution in [0.1, 0.15) is 12.8 Å². The smallest absolute Gasteiger partial charge is 0.217 e. The Kier molecular flexibility index (Phi) is 2.44. The molecule has 1 fully saturated rings. The molecule has 1 unspecified atom stereocenters. The lowest BCUT2D eigenvalue weighted by Gasteiger charge is -2.44. The number of hydrogen-bond donors (Lipinski definition) is 1. The van der Waals surface area contributed by atoms with Crippen molar-refractivity contribution >= 4 is 10.0 Å². The van der Waals surface area contributed by atoms with Crippen LogP contribution in [0.25, 0.3) is 0 Å². The second kappa shape index (κ2) is 2.95. The summed E-state index contributed by atoms with van der Waals surface area (Å²) >= 11 is 0. The van der Waals surface area contributed by atoms with Crippen LogP contribution in [0.3, 0.4) is 0 Å². The molecule has 6 heteroatoms. The van der Waals surface area contributed by atoms with E-state index in [0.717, 1.165) is 0 Å². The van der Waals surface area contributed by atoms with Crippen molar-refractivity contribution in [2.75, 3.05) is 14.2 Å². The molecule has 1 rings (SSSR count). The zero-order valence-corrected chi connectivity index (χ0v) is 7.93. The molecule has 0 aromatic heterocycles. The van der Waals surface area contributed by atoms with E-state index in [1.54, 1.807) is 0 Å². The van der Waals surface area contributed by atoms with Gasteiger partial charge in [-0.3, -0.25) is 0 Å². The standard InChI is InChI=1S/C6H13NO4S/c1-10-6(11-2)4-3-5(6)12(7,8)9/h5H,3-4H2,1-2H3,(H2,7,8,9). The minimum absolute atomic E-state index is 0.501. The molecule has 1 saturated carbocycles. The summed E-state index contributed by atoms with van der Waals surface area (Å²) < 4.78 is 31.9. The highest BCUT2D eigenvalue weighted by molar-refractivity contribution is 7.89. The summed E-state index contributed by atoms with van der Waals surface area (Å²) in [5, 5.41) is 4.26. The topological polar surface area (TPSA) is 78.6 Å². The Morgan fingerprint density at radius 1 is 1.42 bits per heavy atom. The average Bonchev–Trinajstić information content (AvgIpc) is 1.85. The van der Waals surface area contributed by atoms with Gasteiger partial charge in [0.2, 0.25) is 10.0 Å². The van der Waals surface area contributed by atoms with Gasteiger partial charge in [0.25, 0.3) is 0 Å². The van der Waals surface area contributed by atoms with Crippen molar-refractivity contribution in [2.45, 2.75) is 23.9 Å². The SMILES string of the molecule is COC1(OC)CCC1S(N)(=O)=O. The molecule has 0 radical (unpaired) electrons. The number of primary sulfonamides is 1. The van der Waals surface area contributed by atoms with Crippen LogP contribution in [0.5, 0.6) is 0 Å². The molecule has 0 aromatic carbocycles. The Morgan fingerprint density at radius 2 is 1.92 bits per heavy atom. The highest BCUT2D eigenvalue weighted by Crippen LogP contribution is 2.39. The number of methoxy groups -OCH3 is 2. The van der Waals surface area contributed by atoms with Crippen molar-refractivity contribution in [2.24, 2.45) is 5.14 Å². The Hall–Kier alpha value is -0.170. The summed E-state index contributed by atoms with van der Waals surface area (Å²) in [6.45, 7) is 0. The number of sulfonamides is 1. The van der Waals surface area contributed by atoms with E-state index in [-0.39, 0.29) is 0 Å². The van der Waals surface area contributed by atoms with E-state index < -0.39 is 21.1 Å². The van der Waals surface area contributed by atoms with E-state index in [1.165, 1.54) is 14.2 Å². The zero-order valence-electron chi connectivity index (χ0n) is 7.11. The van der Waals surface area contributed by atoms with Crippen LogP contribution < -0.4 is 5.14 Å². The minimum Gasteiger partial charge on any atom is -0.352 e. The van der Waals surface area contributed by atoms with Gasteiger partial charge in [0, 0.05) is 20.6 Å². The third-order valence-electron chi connectivity index (χ3n) is 2.33. The molecule has 0 aliphatic heterocycles. The molecule has 0 spiro atoms. The summed E-state index contributed by atoms with van der Waals surface area (Å²) in [6, 6.07) is 0. The van der Waals surface area contributed by atoms with E-state index in [1.807, 2.05) is 0 Å². The van der Waals surface area contributed by atoms with Gasteiger partial charge in [-0.1, -0.05) is 0 Å². The molecule has 0 heterocycles. The molecule has 72 valence electrons. The zero-order chi connectivity index (χ0) is 9.41. The molecule has 0 aromatic rings. The van der Waals surface area contributed by atoms with Gasteiger partial charge in [0.15, 0.2) is 5.79 Å². The van der Waals surface area contributed by atoms with Crippen LogP contribution in [0.2, 0.25) is 0 Å². The Labute approximate surface area is 71.9 Å². The lowest BCUT2D eigenvalue weighted by Crippen LogP contribution is -2.59. The summed E-state index contributed by atoms with van der Waals surface area (Å²) in [5.41, 5.74) is 0. The number of hydrogen-bond acceptors (Lipinski definition) is 4.